The first-order chi connectivity index (χ1) is 12.8. The maximum Gasteiger partial charge on any atom is 0.255 e. The number of hydrogen-bond donors (Lipinski definition) is 2. The average molecular weight is 391 g/mol. The quantitative estimate of drug-likeness (QED) is 0.683. The fraction of sp³-hybridized carbons (Fsp3) is 0.368. The zero-order valence-electron chi connectivity index (χ0n) is 15.7. The fourth-order valence-electron chi connectivity index (χ4n) is 2.52. The molecule has 0 spiro atoms. The molecule has 0 saturated carbocycles. The number of nitrogens with two attached hydrogens (primary N) is 1. The number of pyridine rings is 1. The van der Waals surface area contributed by atoms with Gasteiger partial charge in [-0.3, -0.25) is 4.79 Å². The first-order valence-corrected chi connectivity index (χ1v) is 10.4. The molecule has 1 amide bonds. The minimum absolute atomic E-state index is 0.0301. The number of anilines is 1. The van der Waals surface area contributed by atoms with E-state index in [1.807, 2.05) is 0 Å². The van der Waals surface area contributed by atoms with Crippen molar-refractivity contribution in [3.63, 3.8) is 0 Å². The molecule has 1 aromatic heterocycles. The minimum atomic E-state index is -3.66. The summed E-state index contributed by atoms with van der Waals surface area (Å²) in [5.41, 5.74) is 1.55. The molecular weight excluding hydrogens is 364 g/mol. The molecule has 1 aromatic carbocycles. The van der Waals surface area contributed by atoms with Crippen LogP contribution in [0, 0.1) is 0 Å². The van der Waals surface area contributed by atoms with E-state index in [1.54, 1.807) is 42.4 Å². The van der Waals surface area contributed by atoms with Crippen molar-refractivity contribution in [1.29, 1.82) is 0 Å². The van der Waals surface area contributed by atoms with Gasteiger partial charge in [-0.05, 0) is 42.7 Å². The second kappa shape index (κ2) is 9.48. The number of amides is 1. The maximum atomic E-state index is 12.3. The van der Waals surface area contributed by atoms with E-state index in [0.717, 1.165) is 24.9 Å². The van der Waals surface area contributed by atoms with Crippen molar-refractivity contribution in [2.75, 3.05) is 25.5 Å². The third kappa shape index (κ3) is 6.33. The molecule has 7 nitrogen and oxygen atoms in total. The van der Waals surface area contributed by atoms with Gasteiger partial charge in [-0.1, -0.05) is 25.5 Å². The highest BCUT2D eigenvalue weighted by atomic mass is 32.2. The first-order valence-electron chi connectivity index (χ1n) is 8.88. The molecule has 27 heavy (non-hydrogen) atoms. The molecule has 146 valence electrons. The molecule has 1 heterocycles. The minimum Gasteiger partial charge on any atom is -0.370 e. The molecule has 0 fully saturated rings. The van der Waals surface area contributed by atoms with Crippen LogP contribution in [0.5, 0.6) is 0 Å². The molecular formula is C19H26N4O3S. The Balaban J connectivity index is 1.85. The number of rotatable bonds is 9. The maximum absolute atomic E-state index is 12.3. The van der Waals surface area contributed by atoms with Crippen molar-refractivity contribution in [2.24, 2.45) is 5.14 Å². The summed E-state index contributed by atoms with van der Waals surface area (Å²) in [4.78, 5) is 18.4. The number of carbonyl (C=O) groups excluding carboxylic acids is 1. The second-order valence-corrected chi connectivity index (χ2v) is 7.94. The highest BCUT2D eigenvalue weighted by Crippen LogP contribution is 2.11. The molecule has 2 aromatic rings. The van der Waals surface area contributed by atoms with Crippen molar-refractivity contribution in [1.82, 2.24) is 9.88 Å². The summed E-state index contributed by atoms with van der Waals surface area (Å²) in [5.74, 6) is 0.654. The average Bonchev–Trinajstić information content (AvgIpc) is 2.66. The Morgan fingerprint density at radius 3 is 2.44 bits per heavy atom. The normalized spacial score (nSPS) is 11.2. The van der Waals surface area contributed by atoms with Crippen molar-refractivity contribution in [2.45, 2.75) is 31.1 Å². The van der Waals surface area contributed by atoms with Gasteiger partial charge in [0.05, 0.1) is 10.5 Å². The number of benzene rings is 1. The Morgan fingerprint density at radius 1 is 1.19 bits per heavy atom. The highest BCUT2D eigenvalue weighted by Gasteiger charge is 2.11. The van der Waals surface area contributed by atoms with Crippen LogP contribution in [0.15, 0.2) is 47.5 Å². The largest absolute Gasteiger partial charge is 0.370 e. The second-order valence-electron chi connectivity index (χ2n) is 6.38. The molecule has 0 unspecified atom stereocenters. The number of aromatic nitrogens is 1. The van der Waals surface area contributed by atoms with Gasteiger partial charge in [0.25, 0.3) is 5.91 Å². The van der Waals surface area contributed by atoms with Crippen molar-refractivity contribution in [3.8, 4) is 0 Å². The lowest BCUT2D eigenvalue weighted by molar-refractivity contribution is 0.0793. The predicted molar refractivity (Wildman–Crippen MR) is 106 cm³/mol. The number of hydrogen-bond acceptors (Lipinski definition) is 5. The lowest BCUT2D eigenvalue weighted by Crippen LogP contribution is -2.27. The van der Waals surface area contributed by atoms with E-state index in [9.17, 15) is 13.2 Å². The Kier molecular flexibility index (Phi) is 7.32. The summed E-state index contributed by atoms with van der Waals surface area (Å²) in [6, 6.07) is 10.0. The standard InChI is InChI=1S/C19H26N4O3S/c1-3-4-13-23(2)19(24)16-7-10-18(22-14-16)21-12-11-15-5-8-17(9-6-15)27(20,25)26/h5-10,14H,3-4,11-13H2,1-2H3,(H,21,22)(H2,20,25,26). The first kappa shape index (κ1) is 20.9. The topological polar surface area (TPSA) is 105 Å². The van der Waals surface area contributed by atoms with E-state index in [1.165, 1.54) is 12.1 Å². The summed E-state index contributed by atoms with van der Waals surface area (Å²) in [6.45, 7) is 3.46. The predicted octanol–water partition coefficient (Wildman–Crippen LogP) is 2.26. The van der Waals surface area contributed by atoms with E-state index in [4.69, 9.17) is 5.14 Å². The number of unbranched alkanes of at least 4 members (excludes halogenated alkanes) is 1. The molecule has 8 heteroatoms. The molecule has 0 aliphatic rings. The summed E-state index contributed by atoms with van der Waals surface area (Å²) in [5, 5.41) is 8.27. The van der Waals surface area contributed by atoms with Gasteiger partial charge in [0.2, 0.25) is 10.0 Å². The Morgan fingerprint density at radius 2 is 1.89 bits per heavy atom. The van der Waals surface area contributed by atoms with Gasteiger partial charge >= 0.3 is 0 Å². The molecule has 2 rings (SSSR count). The third-order valence-electron chi connectivity index (χ3n) is 4.18. The fourth-order valence-corrected chi connectivity index (χ4v) is 3.04. The van der Waals surface area contributed by atoms with Crippen LogP contribution in [0.25, 0.3) is 0 Å². The zero-order chi connectivity index (χ0) is 19.9. The van der Waals surface area contributed by atoms with E-state index in [0.29, 0.717) is 24.3 Å². The summed E-state index contributed by atoms with van der Waals surface area (Å²) in [7, 11) is -1.87. The molecule has 0 aliphatic heterocycles. The van der Waals surface area contributed by atoms with Crippen LogP contribution < -0.4 is 10.5 Å². The van der Waals surface area contributed by atoms with Crippen molar-refractivity contribution in [3.05, 3.63) is 53.7 Å². The van der Waals surface area contributed by atoms with E-state index in [2.05, 4.69) is 17.2 Å². The van der Waals surface area contributed by atoms with Gasteiger partial charge in [-0.25, -0.2) is 18.5 Å². The number of primary sulfonamides is 1. The van der Waals surface area contributed by atoms with Crippen LogP contribution in [0.2, 0.25) is 0 Å². The molecule has 3 N–H and O–H groups in total. The van der Waals surface area contributed by atoms with Crippen LogP contribution in [0.3, 0.4) is 0 Å². The van der Waals surface area contributed by atoms with Gasteiger partial charge in [0.15, 0.2) is 0 Å². The highest BCUT2D eigenvalue weighted by molar-refractivity contribution is 7.89. The smallest absolute Gasteiger partial charge is 0.255 e. The third-order valence-corrected chi connectivity index (χ3v) is 5.11. The molecule has 0 atom stereocenters. The van der Waals surface area contributed by atoms with E-state index in [-0.39, 0.29) is 10.8 Å². The zero-order valence-corrected chi connectivity index (χ0v) is 16.5. The number of sulfonamides is 1. The van der Waals surface area contributed by atoms with Gasteiger partial charge in [-0.15, -0.1) is 0 Å². The number of nitrogens with one attached hydrogen (secondary N) is 1. The number of carbonyl (C=O) groups is 1. The van der Waals surface area contributed by atoms with E-state index < -0.39 is 10.0 Å². The Hall–Kier alpha value is -2.45. The SMILES string of the molecule is CCCCN(C)C(=O)c1ccc(NCCc2ccc(S(N)(=O)=O)cc2)nc1. The molecule has 0 radical (unpaired) electrons. The van der Waals surface area contributed by atoms with Gasteiger partial charge in [-0.2, -0.15) is 0 Å². The van der Waals surface area contributed by atoms with Crippen LogP contribution in [0.4, 0.5) is 5.82 Å². The summed E-state index contributed by atoms with van der Waals surface area (Å²) >= 11 is 0. The molecule has 0 saturated heterocycles. The van der Waals surface area contributed by atoms with Gasteiger partial charge < -0.3 is 10.2 Å². The van der Waals surface area contributed by atoms with Crippen molar-refractivity contribution >= 4 is 21.7 Å². The van der Waals surface area contributed by atoms with Crippen LogP contribution >= 0.6 is 0 Å². The van der Waals surface area contributed by atoms with Crippen molar-refractivity contribution < 1.29 is 13.2 Å². The van der Waals surface area contributed by atoms with Crippen LogP contribution in [-0.4, -0.2) is 44.3 Å². The van der Waals surface area contributed by atoms with Crippen LogP contribution in [-0.2, 0) is 16.4 Å². The lowest BCUT2D eigenvalue weighted by Gasteiger charge is -2.16. The number of nitrogens with zero attached hydrogens (tertiary/aromatic N) is 2. The monoisotopic (exact) mass is 390 g/mol. The Bertz CT molecular complexity index is 850. The lowest BCUT2D eigenvalue weighted by atomic mass is 10.1. The van der Waals surface area contributed by atoms with E-state index >= 15 is 0 Å². The molecule has 0 aliphatic carbocycles. The molecule has 0 bridgehead atoms. The van der Waals surface area contributed by atoms with Gasteiger partial charge in [0, 0.05) is 26.3 Å². The summed E-state index contributed by atoms with van der Waals surface area (Å²) < 4.78 is 22.5. The summed E-state index contributed by atoms with van der Waals surface area (Å²) in [6.07, 6.45) is 4.30. The van der Waals surface area contributed by atoms with Crippen LogP contribution in [0.1, 0.15) is 35.7 Å². The van der Waals surface area contributed by atoms with Gasteiger partial charge in [0.1, 0.15) is 5.82 Å². The Labute approximate surface area is 160 Å².